The molecule has 2 N–H and O–H groups in total. The monoisotopic (exact) mass is 293 g/mol. The van der Waals surface area contributed by atoms with Crippen molar-refractivity contribution in [1.82, 2.24) is 9.80 Å². The van der Waals surface area contributed by atoms with E-state index in [1.807, 2.05) is 0 Å². The van der Waals surface area contributed by atoms with Gasteiger partial charge in [0.05, 0.1) is 0 Å². The zero-order chi connectivity index (χ0) is 15.1. The molecule has 0 bridgehead atoms. The SMILES string of the molecule is CN1CCCC2CN(C3(CN)CCCC(C)(C)C3)CCC21. The molecule has 0 aromatic heterocycles. The van der Waals surface area contributed by atoms with Crippen LogP contribution in [-0.2, 0) is 0 Å². The number of piperidine rings is 2. The lowest BCUT2D eigenvalue weighted by molar-refractivity contribution is -0.0483. The van der Waals surface area contributed by atoms with E-state index in [-0.39, 0.29) is 0 Å². The first-order chi connectivity index (χ1) is 9.96. The number of fused-ring (bicyclic) bond motifs is 1. The number of likely N-dealkylation sites (tertiary alicyclic amines) is 2. The average molecular weight is 293 g/mol. The molecule has 3 unspecified atom stereocenters. The molecule has 21 heavy (non-hydrogen) atoms. The van der Waals surface area contributed by atoms with E-state index in [0.29, 0.717) is 11.0 Å². The van der Waals surface area contributed by atoms with Gasteiger partial charge in [-0.3, -0.25) is 4.90 Å². The number of nitrogens with two attached hydrogens (primary N) is 1. The molecule has 0 aromatic rings. The number of hydrogen-bond donors (Lipinski definition) is 1. The molecule has 3 rings (SSSR count). The van der Waals surface area contributed by atoms with Crippen LogP contribution in [0, 0.1) is 11.3 Å². The fraction of sp³-hybridized carbons (Fsp3) is 1.00. The molecule has 122 valence electrons. The smallest absolute Gasteiger partial charge is 0.0336 e. The van der Waals surface area contributed by atoms with E-state index >= 15 is 0 Å². The second kappa shape index (κ2) is 5.82. The summed E-state index contributed by atoms with van der Waals surface area (Å²) in [5.41, 5.74) is 7.10. The third kappa shape index (κ3) is 3.02. The molecule has 3 atom stereocenters. The zero-order valence-corrected chi connectivity index (χ0v) is 14.4. The van der Waals surface area contributed by atoms with E-state index in [2.05, 4.69) is 30.7 Å². The van der Waals surface area contributed by atoms with Crippen molar-refractivity contribution in [2.45, 2.75) is 70.4 Å². The summed E-state index contributed by atoms with van der Waals surface area (Å²) in [6.07, 6.45) is 9.50. The molecule has 2 heterocycles. The van der Waals surface area contributed by atoms with Crippen LogP contribution >= 0.6 is 0 Å². The Morgan fingerprint density at radius 3 is 2.62 bits per heavy atom. The van der Waals surface area contributed by atoms with Gasteiger partial charge in [0.15, 0.2) is 0 Å². The third-order valence-electron chi connectivity index (χ3n) is 6.70. The lowest BCUT2D eigenvalue weighted by Crippen LogP contribution is -2.63. The molecular weight excluding hydrogens is 258 g/mol. The molecule has 3 aliphatic rings. The van der Waals surface area contributed by atoms with Gasteiger partial charge in [-0.25, -0.2) is 0 Å². The normalized spacial score (nSPS) is 41.7. The van der Waals surface area contributed by atoms with Gasteiger partial charge in [-0.2, -0.15) is 0 Å². The van der Waals surface area contributed by atoms with Gasteiger partial charge in [-0.1, -0.05) is 20.3 Å². The van der Waals surface area contributed by atoms with Gasteiger partial charge in [0.1, 0.15) is 0 Å². The Kier molecular flexibility index (Phi) is 4.37. The standard InChI is InChI=1S/C18H35N3/c1-17(2)8-5-9-18(13-17,14-19)21-11-7-16-15(12-21)6-4-10-20(16)3/h15-16H,4-14,19H2,1-3H3. The lowest BCUT2D eigenvalue weighted by Gasteiger charge is -2.56. The summed E-state index contributed by atoms with van der Waals surface area (Å²) in [5, 5.41) is 0. The van der Waals surface area contributed by atoms with Crippen LogP contribution in [0.4, 0.5) is 0 Å². The molecule has 0 amide bonds. The highest BCUT2D eigenvalue weighted by atomic mass is 15.3. The predicted molar refractivity (Wildman–Crippen MR) is 89.4 cm³/mol. The van der Waals surface area contributed by atoms with Crippen LogP contribution in [0.5, 0.6) is 0 Å². The average Bonchev–Trinajstić information content (AvgIpc) is 2.46. The van der Waals surface area contributed by atoms with Crippen molar-refractivity contribution in [3.63, 3.8) is 0 Å². The highest BCUT2D eigenvalue weighted by molar-refractivity contribution is 5.02. The van der Waals surface area contributed by atoms with Gasteiger partial charge < -0.3 is 10.6 Å². The van der Waals surface area contributed by atoms with Crippen molar-refractivity contribution in [1.29, 1.82) is 0 Å². The third-order valence-corrected chi connectivity index (χ3v) is 6.70. The summed E-state index contributed by atoms with van der Waals surface area (Å²) >= 11 is 0. The van der Waals surface area contributed by atoms with Crippen molar-refractivity contribution in [3.05, 3.63) is 0 Å². The van der Waals surface area contributed by atoms with Crippen LogP contribution in [0.1, 0.15) is 58.8 Å². The Labute approximate surface area is 131 Å². The van der Waals surface area contributed by atoms with E-state index < -0.39 is 0 Å². The van der Waals surface area contributed by atoms with E-state index in [0.717, 1.165) is 18.5 Å². The van der Waals surface area contributed by atoms with Crippen molar-refractivity contribution >= 4 is 0 Å². The van der Waals surface area contributed by atoms with Crippen LogP contribution in [0.25, 0.3) is 0 Å². The van der Waals surface area contributed by atoms with Crippen molar-refractivity contribution in [2.24, 2.45) is 17.1 Å². The minimum absolute atomic E-state index is 0.294. The molecule has 3 fully saturated rings. The molecule has 2 aliphatic heterocycles. The Morgan fingerprint density at radius 2 is 1.90 bits per heavy atom. The van der Waals surface area contributed by atoms with E-state index in [4.69, 9.17) is 5.73 Å². The van der Waals surface area contributed by atoms with Gasteiger partial charge in [-0.05, 0) is 63.5 Å². The van der Waals surface area contributed by atoms with Crippen molar-refractivity contribution < 1.29 is 0 Å². The van der Waals surface area contributed by atoms with Gasteiger partial charge in [0.25, 0.3) is 0 Å². The number of hydrogen-bond acceptors (Lipinski definition) is 3. The largest absolute Gasteiger partial charge is 0.329 e. The van der Waals surface area contributed by atoms with Crippen molar-refractivity contribution in [2.75, 3.05) is 33.2 Å². The van der Waals surface area contributed by atoms with Crippen LogP contribution in [-0.4, -0.2) is 54.6 Å². The quantitative estimate of drug-likeness (QED) is 0.849. The maximum Gasteiger partial charge on any atom is 0.0336 e. The Hall–Kier alpha value is -0.120. The molecule has 3 nitrogen and oxygen atoms in total. The predicted octanol–water partition coefficient (Wildman–Crippen LogP) is 2.70. The van der Waals surface area contributed by atoms with Crippen LogP contribution in [0.2, 0.25) is 0 Å². The Morgan fingerprint density at radius 1 is 1.10 bits per heavy atom. The first kappa shape index (κ1) is 15.8. The van der Waals surface area contributed by atoms with Crippen LogP contribution in [0.15, 0.2) is 0 Å². The Balaban J connectivity index is 1.73. The molecular formula is C18H35N3. The minimum atomic E-state index is 0.294. The number of rotatable bonds is 2. The van der Waals surface area contributed by atoms with Gasteiger partial charge in [-0.15, -0.1) is 0 Å². The second-order valence-corrected chi connectivity index (χ2v) is 8.81. The lowest BCUT2D eigenvalue weighted by atomic mass is 9.66. The van der Waals surface area contributed by atoms with E-state index in [1.165, 1.54) is 64.6 Å². The molecule has 2 saturated heterocycles. The van der Waals surface area contributed by atoms with Gasteiger partial charge >= 0.3 is 0 Å². The zero-order valence-electron chi connectivity index (χ0n) is 14.4. The molecule has 0 aromatic carbocycles. The molecule has 1 aliphatic carbocycles. The molecule has 3 heteroatoms. The summed E-state index contributed by atoms with van der Waals surface area (Å²) in [5.74, 6) is 0.881. The summed E-state index contributed by atoms with van der Waals surface area (Å²) in [7, 11) is 2.33. The summed E-state index contributed by atoms with van der Waals surface area (Å²) < 4.78 is 0. The fourth-order valence-corrected chi connectivity index (χ4v) is 5.62. The topological polar surface area (TPSA) is 32.5 Å². The first-order valence-electron chi connectivity index (χ1n) is 9.11. The van der Waals surface area contributed by atoms with Crippen LogP contribution < -0.4 is 5.73 Å². The second-order valence-electron chi connectivity index (χ2n) is 8.81. The summed E-state index contributed by atoms with van der Waals surface area (Å²) in [6.45, 7) is 9.59. The fourth-order valence-electron chi connectivity index (χ4n) is 5.62. The Bertz CT molecular complexity index is 367. The minimum Gasteiger partial charge on any atom is -0.329 e. The van der Waals surface area contributed by atoms with Crippen molar-refractivity contribution in [3.8, 4) is 0 Å². The highest BCUT2D eigenvalue weighted by Gasteiger charge is 2.46. The number of nitrogens with zero attached hydrogens (tertiary/aromatic N) is 2. The molecule has 0 radical (unpaired) electrons. The summed E-state index contributed by atoms with van der Waals surface area (Å²) in [6, 6.07) is 0.835. The highest BCUT2D eigenvalue weighted by Crippen LogP contribution is 2.45. The van der Waals surface area contributed by atoms with Gasteiger partial charge in [0, 0.05) is 31.2 Å². The van der Waals surface area contributed by atoms with Gasteiger partial charge in [0.2, 0.25) is 0 Å². The molecule has 1 saturated carbocycles. The van der Waals surface area contributed by atoms with E-state index in [9.17, 15) is 0 Å². The summed E-state index contributed by atoms with van der Waals surface area (Å²) in [4.78, 5) is 5.43. The van der Waals surface area contributed by atoms with Crippen LogP contribution in [0.3, 0.4) is 0 Å². The maximum absolute atomic E-state index is 6.33. The first-order valence-corrected chi connectivity index (χ1v) is 9.11. The van der Waals surface area contributed by atoms with E-state index in [1.54, 1.807) is 0 Å². The maximum atomic E-state index is 6.33. The molecule has 0 spiro atoms.